The molecule has 0 saturated carbocycles. The highest BCUT2D eigenvalue weighted by Gasteiger charge is 2.03. The second-order valence-corrected chi connectivity index (χ2v) is 2.59. The smallest absolute Gasteiger partial charge is 0.150 e. The quantitative estimate of drug-likeness (QED) is 0.437. The first kappa shape index (κ1) is 7.41. The SMILES string of the molecule is Cc1c(S)ccc(N)c1F. The van der Waals surface area contributed by atoms with E-state index in [1.54, 1.807) is 13.0 Å². The number of halogens is 1. The highest BCUT2D eigenvalue weighted by molar-refractivity contribution is 7.80. The van der Waals surface area contributed by atoms with E-state index in [1.807, 2.05) is 0 Å². The van der Waals surface area contributed by atoms with Crippen molar-refractivity contribution in [1.29, 1.82) is 0 Å². The Bertz CT molecular complexity index is 233. The summed E-state index contributed by atoms with van der Waals surface area (Å²) in [7, 11) is 0. The van der Waals surface area contributed by atoms with Crippen LogP contribution in [0.2, 0.25) is 0 Å². The second kappa shape index (κ2) is 2.50. The summed E-state index contributed by atoms with van der Waals surface area (Å²) in [4.78, 5) is 0.631. The van der Waals surface area contributed by atoms with Gasteiger partial charge in [-0.3, -0.25) is 0 Å². The molecule has 1 aromatic carbocycles. The number of nitrogens with two attached hydrogens (primary N) is 1. The van der Waals surface area contributed by atoms with Crippen molar-refractivity contribution in [3.05, 3.63) is 23.5 Å². The lowest BCUT2D eigenvalue weighted by Crippen LogP contribution is -1.93. The minimum Gasteiger partial charge on any atom is -0.396 e. The van der Waals surface area contributed by atoms with Crippen LogP contribution in [-0.2, 0) is 0 Å². The van der Waals surface area contributed by atoms with Gasteiger partial charge in [0, 0.05) is 10.5 Å². The summed E-state index contributed by atoms with van der Waals surface area (Å²) in [6, 6.07) is 3.18. The molecule has 3 heteroatoms. The molecule has 0 saturated heterocycles. The van der Waals surface area contributed by atoms with Crippen molar-refractivity contribution in [2.24, 2.45) is 0 Å². The van der Waals surface area contributed by atoms with Gasteiger partial charge in [-0.15, -0.1) is 12.6 Å². The highest BCUT2D eigenvalue weighted by Crippen LogP contribution is 2.20. The number of nitrogen functional groups attached to an aromatic ring is 1. The van der Waals surface area contributed by atoms with Crippen molar-refractivity contribution in [2.75, 3.05) is 5.73 Å². The Morgan fingerprint density at radius 3 is 2.60 bits per heavy atom. The van der Waals surface area contributed by atoms with Gasteiger partial charge in [-0.05, 0) is 19.1 Å². The molecule has 1 rings (SSSR count). The molecule has 0 amide bonds. The standard InChI is InChI=1S/C7H8FNS/c1-4-6(10)3-2-5(9)7(4)8/h2-3,10H,9H2,1H3. The summed E-state index contributed by atoms with van der Waals surface area (Å²) < 4.78 is 12.8. The molecule has 54 valence electrons. The summed E-state index contributed by atoms with van der Waals surface area (Å²) in [5.74, 6) is -0.368. The summed E-state index contributed by atoms with van der Waals surface area (Å²) in [6.07, 6.45) is 0. The minimum atomic E-state index is -0.368. The zero-order chi connectivity index (χ0) is 7.72. The summed E-state index contributed by atoms with van der Waals surface area (Å²) in [5, 5.41) is 0. The van der Waals surface area contributed by atoms with Crippen molar-refractivity contribution in [2.45, 2.75) is 11.8 Å². The van der Waals surface area contributed by atoms with E-state index in [0.717, 1.165) is 0 Å². The summed E-state index contributed by atoms with van der Waals surface area (Å²) in [5.41, 5.74) is 5.96. The van der Waals surface area contributed by atoms with Crippen molar-refractivity contribution in [3.8, 4) is 0 Å². The number of hydrogen-bond acceptors (Lipinski definition) is 2. The van der Waals surface area contributed by atoms with Crippen LogP contribution in [0.15, 0.2) is 17.0 Å². The Morgan fingerprint density at radius 1 is 1.50 bits per heavy atom. The average Bonchev–Trinajstić information content (AvgIpc) is 1.93. The maximum absolute atomic E-state index is 12.8. The molecule has 2 N–H and O–H groups in total. The molecule has 0 spiro atoms. The third-order valence-electron chi connectivity index (χ3n) is 1.39. The van der Waals surface area contributed by atoms with Crippen molar-refractivity contribution >= 4 is 18.3 Å². The fourth-order valence-electron chi connectivity index (χ4n) is 0.696. The number of anilines is 1. The van der Waals surface area contributed by atoms with Gasteiger partial charge in [0.1, 0.15) is 5.82 Å². The largest absolute Gasteiger partial charge is 0.396 e. The van der Waals surface area contributed by atoms with Crippen LogP contribution in [0.4, 0.5) is 10.1 Å². The zero-order valence-electron chi connectivity index (χ0n) is 5.56. The monoisotopic (exact) mass is 157 g/mol. The van der Waals surface area contributed by atoms with E-state index < -0.39 is 0 Å². The molecule has 0 fully saturated rings. The molecule has 0 bridgehead atoms. The Balaban J connectivity index is 3.34. The first-order valence-electron chi connectivity index (χ1n) is 2.86. The average molecular weight is 157 g/mol. The van der Waals surface area contributed by atoms with E-state index in [1.165, 1.54) is 6.07 Å². The van der Waals surface area contributed by atoms with Crippen LogP contribution >= 0.6 is 12.6 Å². The Kier molecular flexibility index (Phi) is 1.85. The summed E-state index contributed by atoms with van der Waals surface area (Å²) >= 11 is 4.02. The molecular weight excluding hydrogens is 149 g/mol. The van der Waals surface area contributed by atoms with Gasteiger partial charge in [-0.2, -0.15) is 0 Å². The van der Waals surface area contributed by atoms with E-state index >= 15 is 0 Å². The maximum Gasteiger partial charge on any atom is 0.150 e. The number of benzene rings is 1. The first-order chi connectivity index (χ1) is 4.63. The van der Waals surface area contributed by atoms with Gasteiger partial charge in [-0.25, -0.2) is 4.39 Å². The molecule has 0 aliphatic carbocycles. The van der Waals surface area contributed by atoms with Gasteiger partial charge in [0.05, 0.1) is 5.69 Å². The van der Waals surface area contributed by atoms with Crippen LogP contribution < -0.4 is 5.73 Å². The van der Waals surface area contributed by atoms with E-state index in [4.69, 9.17) is 5.73 Å². The molecule has 0 aromatic heterocycles. The van der Waals surface area contributed by atoms with Crippen LogP contribution in [0.25, 0.3) is 0 Å². The van der Waals surface area contributed by atoms with Crippen molar-refractivity contribution in [1.82, 2.24) is 0 Å². The topological polar surface area (TPSA) is 26.0 Å². The van der Waals surface area contributed by atoms with Gasteiger partial charge in [0.15, 0.2) is 0 Å². The second-order valence-electron chi connectivity index (χ2n) is 2.11. The molecule has 10 heavy (non-hydrogen) atoms. The number of rotatable bonds is 0. The van der Waals surface area contributed by atoms with Crippen LogP contribution in [-0.4, -0.2) is 0 Å². The molecular formula is C7H8FNS. The van der Waals surface area contributed by atoms with Gasteiger partial charge < -0.3 is 5.73 Å². The van der Waals surface area contributed by atoms with Crippen LogP contribution in [0.3, 0.4) is 0 Å². The third-order valence-corrected chi connectivity index (χ3v) is 1.87. The van der Waals surface area contributed by atoms with E-state index in [0.29, 0.717) is 10.5 Å². The van der Waals surface area contributed by atoms with Gasteiger partial charge >= 0.3 is 0 Å². The molecule has 0 aliphatic heterocycles. The van der Waals surface area contributed by atoms with Crippen LogP contribution in [0, 0.1) is 12.7 Å². The van der Waals surface area contributed by atoms with Gasteiger partial charge in [0.2, 0.25) is 0 Å². The van der Waals surface area contributed by atoms with Gasteiger partial charge in [0.25, 0.3) is 0 Å². The lowest BCUT2D eigenvalue weighted by molar-refractivity contribution is 0.618. The Labute approximate surface area is 64.5 Å². The summed E-state index contributed by atoms with van der Waals surface area (Å²) in [6.45, 7) is 1.65. The molecule has 0 atom stereocenters. The zero-order valence-corrected chi connectivity index (χ0v) is 6.45. The molecule has 0 unspecified atom stereocenters. The fourth-order valence-corrected chi connectivity index (χ4v) is 0.869. The normalized spacial score (nSPS) is 9.90. The van der Waals surface area contributed by atoms with Crippen molar-refractivity contribution < 1.29 is 4.39 Å². The lowest BCUT2D eigenvalue weighted by atomic mass is 10.2. The molecule has 1 nitrogen and oxygen atoms in total. The first-order valence-corrected chi connectivity index (χ1v) is 3.31. The van der Waals surface area contributed by atoms with E-state index in [-0.39, 0.29) is 11.5 Å². The predicted molar refractivity (Wildman–Crippen MR) is 42.8 cm³/mol. The predicted octanol–water partition coefficient (Wildman–Crippen LogP) is 2.01. The number of hydrogen-bond donors (Lipinski definition) is 2. The van der Waals surface area contributed by atoms with Crippen molar-refractivity contribution in [3.63, 3.8) is 0 Å². The Hall–Kier alpha value is -0.700. The Morgan fingerprint density at radius 2 is 2.10 bits per heavy atom. The number of thiol groups is 1. The molecule has 0 heterocycles. The molecule has 1 aromatic rings. The minimum absolute atomic E-state index is 0.176. The van der Waals surface area contributed by atoms with Crippen LogP contribution in [0.5, 0.6) is 0 Å². The van der Waals surface area contributed by atoms with Gasteiger partial charge in [-0.1, -0.05) is 0 Å². The fraction of sp³-hybridized carbons (Fsp3) is 0.143. The highest BCUT2D eigenvalue weighted by atomic mass is 32.1. The van der Waals surface area contributed by atoms with E-state index in [9.17, 15) is 4.39 Å². The van der Waals surface area contributed by atoms with Crippen LogP contribution in [0.1, 0.15) is 5.56 Å². The lowest BCUT2D eigenvalue weighted by Gasteiger charge is -2.01. The third kappa shape index (κ3) is 1.09. The molecule has 0 aliphatic rings. The molecule has 0 radical (unpaired) electrons. The van der Waals surface area contributed by atoms with E-state index in [2.05, 4.69) is 12.6 Å². The maximum atomic E-state index is 12.8.